The van der Waals surface area contributed by atoms with Gasteiger partial charge in [-0.2, -0.15) is 12.7 Å². The molecule has 1 saturated heterocycles. The molecule has 82 valence electrons. The molecule has 1 heterocycles. The normalized spacial score (nSPS) is 27.6. The smallest absolute Gasteiger partial charge is 0.272 e. The monoisotopic (exact) mass is 240 g/mol. The van der Waals surface area contributed by atoms with Crippen molar-refractivity contribution >= 4 is 27.7 Å². The minimum atomic E-state index is -3.67. The van der Waals surface area contributed by atoms with Gasteiger partial charge in [-0.1, -0.05) is 13.8 Å². The highest BCUT2D eigenvalue weighted by Gasteiger charge is 2.49. The average Bonchev–Trinajstić information content (AvgIpc) is 2.19. The second-order valence-electron chi connectivity index (χ2n) is 3.52. The Morgan fingerprint density at radius 3 is 2.21 bits per heavy atom. The largest absolute Gasteiger partial charge is 0.307 e. The fourth-order valence-corrected chi connectivity index (χ4v) is 3.42. The van der Waals surface area contributed by atoms with Gasteiger partial charge in [0.05, 0.1) is 0 Å². The summed E-state index contributed by atoms with van der Waals surface area (Å²) in [5.74, 6) is -0.506. The summed E-state index contributed by atoms with van der Waals surface area (Å²) in [7, 11) is -2.28. The maximum absolute atomic E-state index is 11.6. The van der Waals surface area contributed by atoms with E-state index >= 15 is 0 Å². The molecule has 1 aliphatic rings. The lowest BCUT2D eigenvalue weighted by Gasteiger charge is -2.17. The van der Waals surface area contributed by atoms with Crippen LogP contribution >= 0.6 is 11.6 Å². The molecule has 0 aromatic carbocycles. The molecule has 0 aromatic heterocycles. The van der Waals surface area contributed by atoms with Crippen LogP contribution in [0.25, 0.3) is 0 Å². The van der Waals surface area contributed by atoms with E-state index in [0.29, 0.717) is 4.31 Å². The van der Waals surface area contributed by atoms with E-state index in [2.05, 4.69) is 0 Å². The highest BCUT2D eigenvalue weighted by atomic mass is 35.5. The number of amides is 1. The summed E-state index contributed by atoms with van der Waals surface area (Å²) in [6.45, 7) is 3.60. The predicted octanol–water partition coefficient (Wildman–Crippen LogP) is 0.226. The first kappa shape index (κ1) is 11.7. The van der Waals surface area contributed by atoms with Crippen LogP contribution in [0.5, 0.6) is 0 Å². The molecule has 1 amide bonds. The molecular weight excluding hydrogens is 228 g/mol. The minimum Gasteiger partial charge on any atom is -0.272 e. The van der Waals surface area contributed by atoms with E-state index < -0.39 is 22.2 Å². The van der Waals surface area contributed by atoms with Gasteiger partial charge < -0.3 is 0 Å². The van der Waals surface area contributed by atoms with Crippen molar-refractivity contribution in [2.45, 2.75) is 19.9 Å². The van der Waals surface area contributed by atoms with Crippen LogP contribution < -0.4 is 0 Å². The van der Waals surface area contributed by atoms with Crippen LogP contribution in [0.1, 0.15) is 13.8 Å². The van der Waals surface area contributed by atoms with Gasteiger partial charge in [0.2, 0.25) is 0 Å². The van der Waals surface area contributed by atoms with Gasteiger partial charge in [0.15, 0.2) is 0 Å². The number of rotatable bonds is 2. The topological polar surface area (TPSA) is 57.7 Å². The van der Waals surface area contributed by atoms with E-state index in [4.69, 9.17) is 11.6 Å². The molecule has 14 heavy (non-hydrogen) atoms. The van der Waals surface area contributed by atoms with Gasteiger partial charge in [0.1, 0.15) is 12.0 Å². The van der Waals surface area contributed by atoms with Gasteiger partial charge >= 0.3 is 10.2 Å². The van der Waals surface area contributed by atoms with Gasteiger partial charge in [-0.25, -0.2) is 4.31 Å². The predicted molar refractivity (Wildman–Crippen MR) is 52.9 cm³/mol. The number of likely N-dealkylation sites (N-methyl/N-ethyl adjacent to an activating group) is 1. The van der Waals surface area contributed by atoms with Crippen molar-refractivity contribution in [2.24, 2.45) is 5.92 Å². The number of hydrogen-bond donors (Lipinski definition) is 0. The molecule has 0 bridgehead atoms. The van der Waals surface area contributed by atoms with Crippen LogP contribution in [0.15, 0.2) is 0 Å². The van der Waals surface area contributed by atoms with E-state index in [1.165, 1.54) is 7.05 Å². The number of carbonyl (C=O) groups excluding carboxylic acids is 1. The van der Waals surface area contributed by atoms with E-state index in [9.17, 15) is 13.2 Å². The van der Waals surface area contributed by atoms with E-state index in [1.807, 2.05) is 0 Å². The van der Waals surface area contributed by atoms with Crippen molar-refractivity contribution < 1.29 is 13.2 Å². The van der Waals surface area contributed by atoms with Crippen molar-refractivity contribution in [1.82, 2.24) is 8.61 Å². The second-order valence-corrected chi connectivity index (χ2v) is 5.67. The molecule has 7 heteroatoms. The molecule has 0 aliphatic carbocycles. The molecule has 1 atom stereocenters. The van der Waals surface area contributed by atoms with Crippen molar-refractivity contribution in [2.75, 3.05) is 13.1 Å². The number of alkyl halides is 1. The lowest BCUT2D eigenvalue weighted by atomic mass is 10.0. The standard InChI is InChI=1S/C7H13ClN2O3S/c1-5(2)6-7(11)10(4-8)14(12,13)9(6)3/h5-6H,4H2,1-3H3. The number of carbonyl (C=O) groups is 1. The Morgan fingerprint density at radius 1 is 1.50 bits per heavy atom. The van der Waals surface area contributed by atoms with Crippen LogP contribution in [0.2, 0.25) is 0 Å². The summed E-state index contributed by atoms with van der Waals surface area (Å²) in [4.78, 5) is 11.6. The SMILES string of the molecule is CC(C)C1C(=O)N(CCl)S(=O)(=O)N1C. The summed E-state index contributed by atoms with van der Waals surface area (Å²) < 4.78 is 25.0. The quantitative estimate of drug-likeness (QED) is 0.513. The van der Waals surface area contributed by atoms with E-state index in [-0.39, 0.29) is 11.9 Å². The Bertz CT molecular complexity index is 341. The Hall–Kier alpha value is -0.330. The molecule has 1 unspecified atom stereocenters. The third-order valence-electron chi connectivity index (χ3n) is 2.27. The highest BCUT2D eigenvalue weighted by Crippen LogP contribution is 2.26. The molecule has 0 spiro atoms. The summed E-state index contributed by atoms with van der Waals surface area (Å²) in [6, 6.07) is -0.951. The number of hydrogen-bond acceptors (Lipinski definition) is 3. The zero-order valence-corrected chi connectivity index (χ0v) is 9.84. The Kier molecular flexibility index (Phi) is 3.08. The highest BCUT2D eigenvalue weighted by molar-refractivity contribution is 7.87. The molecule has 0 N–H and O–H groups in total. The van der Waals surface area contributed by atoms with Crippen LogP contribution in [0, 0.1) is 5.92 Å². The summed E-state index contributed by atoms with van der Waals surface area (Å²) >= 11 is 5.42. The van der Waals surface area contributed by atoms with Crippen LogP contribution in [0.3, 0.4) is 0 Å². The van der Waals surface area contributed by atoms with Gasteiger partial charge in [0, 0.05) is 7.05 Å². The zero-order chi connectivity index (χ0) is 11.1. The number of nitrogens with zero attached hydrogens (tertiary/aromatic N) is 2. The van der Waals surface area contributed by atoms with Crippen molar-refractivity contribution in [3.8, 4) is 0 Å². The van der Waals surface area contributed by atoms with Crippen molar-refractivity contribution in [3.63, 3.8) is 0 Å². The van der Waals surface area contributed by atoms with E-state index in [1.54, 1.807) is 13.8 Å². The molecule has 1 rings (SSSR count). The van der Waals surface area contributed by atoms with Crippen LogP contribution in [-0.2, 0) is 15.0 Å². The number of halogens is 1. The Labute approximate surface area is 88.8 Å². The fourth-order valence-electron chi connectivity index (χ4n) is 1.54. The fraction of sp³-hybridized carbons (Fsp3) is 0.857. The second kappa shape index (κ2) is 3.67. The summed E-state index contributed by atoms with van der Waals surface area (Å²) in [5.41, 5.74) is 0. The lowest BCUT2D eigenvalue weighted by Crippen LogP contribution is -2.36. The molecule has 0 aromatic rings. The molecule has 5 nitrogen and oxygen atoms in total. The molecular formula is C7H13ClN2O3S. The maximum atomic E-state index is 11.6. The first-order chi connectivity index (χ1) is 6.34. The summed E-state index contributed by atoms with van der Waals surface area (Å²) in [6.07, 6.45) is 0. The molecule has 1 fully saturated rings. The first-order valence-corrected chi connectivity index (χ1v) is 6.12. The van der Waals surface area contributed by atoms with Gasteiger partial charge in [0.25, 0.3) is 5.91 Å². The third kappa shape index (κ3) is 1.51. The lowest BCUT2D eigenvalue weighted by molar-refractivity contribution is -0.128. The van der Waals surface area contributed by atoms with Gasteiger partial charge in [-0.05, 0) is 5.92 Å². The Morgan fingerprint density at radius 2 is 2.00 bits per heavy atom. The van der Waals surface area contributed by atoms with Gasteiger partial charge in [-0.15, -0.1) is 11.6 Å². The van der Waals surface area contributed by atoms with Gasteiger partial charge in [-0.3, -0.25) is 4.79 Å². The molecule has 0 radical (unpaired) electrons. The minimum absolute atomic E-state index is 0.0597. The summed E-state index contributed by atoms with van der Waals surface area (Å²) in [5, 5.41) is 0. The van der Waals surface area contributed by atoms with Crippen molar-refractivity contribution in [3.05, 3.63) is 0 Å². The maximum Gasteiger partial charge on any atom is 0.307 e. The van der Waals surface area contributed by atoms with Crippen molar-refractivity contribution in [1.29, 1.82) is 0 Å². The zero-order valence-electron chi connectivity index (χ0n) is 8.27. The third-order valence-corrected chi connectivity index (χ3v) is 4.47. The average molecular weight is 241 g/mol. The molecule has 0 saturated carbocycles. The van der Waals surface area contributed by atoms with Crippen LogP contribution in [0.4, 0.5) is 0 Å². The molecule has 1 aliphatic heterocycles. The Balaban J connectivity index is 3.15. The van der Waals surface area contributed by atoms with E-state index in [0.717, 1.165) is 4.31 Å². The van der Waals surface area contributed by atoms with Crippen LogP contribution in [-0.4, -0.2) is 42.0 Å². The first-order valence-electron chi connectivity index (χ1n) is 4.19.